The number of carbonyl (C=O) groups excluding carboxylic acids is 2. The fourth-order valence-corrected chi connectivity index (χ4v) is 2.34. The molecule has 5 heteroatoms. The molecule has 0 fully saturated rings. The number of urea groups is 1. The molecule has 2 aromatic rings. The molecule has 0 aliphatic carbocycles. The summed E-state index contributed by atoms with van der Waals surface area (Å²) in [5, 5.41) is 5.54. The summed E-state index contributed by atoms with van der Waals surface area (Å²) < 4.78 is 0. The first kappa shape index (κ1) is 18.5. The normalized spacial score (nSPS) is 10.9. The van der Waals surface area contributed by atoms with Crippen LogP contribution in [0.25, 0.3) is 0 Å². The van der Waals surface area contributed by atoms with Crippen molar-refractivity contribution in [1.82, 2.24) is 4.90 Å². The van der Waals surface area contributed by atoms with Gasteiger partial charge >= 0.3 is 6.03 Å². The Hall–Kier alpha value is -2.82. The maximum absolute atomic E-state index is 12.2. The third-order valence-electron chi connectivity index (χ3n) is 3.78. The van der Waals surface area contributed by atoms with Gasteiger partial charge in [-0.1, -0.05) is 39.0 Å². The summed E-state index contributed by atoms with van der Waals surface area (Å²) in [6.07, 6.45) is 0. The minimum atomic E-state index is -0.349. The van der Waals surface area contributed by atoms with E-state index in [1.807, 2.05) is 24.3 Å². The molecule has 25 heavy (non-hydrogen) atoms. The molecule has 3 amide bonds. The van der Waals surface area contributed by atoms with Gasteiger partial charge in [-0.3, -0.25) is 4.79 Å². The average Bonchev–Trinajstić information content (AvgIpc) is 2.53. The molecule has 2 aromatic carbocycles. The van der Waals surface area contributed by atoms with Crippen LogP contribution in [0.5, 0.6) is 0 Å². The number of hydrogen-bond acceptors (Lipinski definition) is 2. The Morgan fingerprint density at radius 1 is 0.880 bits per heavy atom. The van der Waals surface area contributed by atoms with Gasteiger partial charge in [0.05, 0.1) is 0 Å². The molecule has 0 radical (unpaired) electrons. The molecule has 0 bridgehead atoms. The summed E-state index contributed by atoms with van der Waals surface area (Å²) >= 11 is 0. The first-order valence-electron chi connectivity index (χ1n) is 8.17. The van der Waals surface area contributed by atoms with E-state index < -0.39 is 0 Å². The van der Waals surface area contributed by atoms with E-state index in [1.54, 1.807) is 38.4 Å². The summed E-state index contributed by atoms with van der Waals surface area (Å²) in [4.78, 5) is 25.6. The second-order valence-electron chi connectivity index (χ2n) is 7.19. The number of rotatable bonds is 3. The number of nitrogens with zero attached hydrogens (tertiary/aromatic N) is 1. The quantitative estimate of drug-likeness (QED) is 0.874. The van der Waals surface area contributed by atoms with Crippen LogP contribution in [-0.2, 0) is 5.41 Å². The Bertz CT molecular complexity index is 759. The number of benzene rings is 2. The Morgan fingerprint density at radius 2 is 1.48 bits per heavy atom. The topological polar surface area (TPSA) is 61.4 Å². The second-order valence-corrected chi connectivity index (χ2v) is 7.19. The lowest BCUT2D eigenvalue weighted by Crippen LogP contribution is -2.22. The fraction of sp³-hybridized carbons (Fsp3) is 0.300. The van der Waals surface area contributed by atoms with Crippen LogP contribution in [-0.4, -0.2) is 30.9 Å². The lowest BCUT2D eigenvalue weighted by molar-refractivity contribution is 0.0827. The second kappa shape index (κ2) is 7.38. The van der Waals surface area contributed by atoms with Gasteiger partial charge in [0, 0.05) is 31.0 Å². The smallest absolute Gasteiger partial charge is 0.323 e. The first-order chi connectivity index (χ1) is 11.7. The number of amides is 3. The van der Waals surface area contributed by atoms with Gasteiger partial charge in [0.1, 0.15) is 0 Å². The van der Waals surface area contributed by atoms with Crippen molar-refractivity contribution in [1.29, 1.82) is 0 Å². The molecule has 2 rings (SSSR count). The summed E-state index contributed by atoms with van der Waals surface area (Å²) in [5.41, 5.74) is 3.08. The van der Waals surface area contributed by atoms with Gasteiger partial charge in [-0.2, -0.15) is 0 Å². The highest BCUT2D eigenvalue weighted by Gasteiger charge is 2.13. The van der Waals surface area contributed by atoms with E-state index in [0.717, 1.165) is 0 Å². The molecular formula is C20H25N3O2. The molecule has 2 N–H and O–H groups in total. The molecule has 0 aromatic heterocycles. The van der Waals surface area contributed by atoms with Crippen molar-refractivity contribution in [3.63, 3.8) is 0 Å². The van der Waals surface area contributed by atoms with Crippen LogP contribution in [0.3, 0.4) is 0 Å². The Balaban J connectivity index is 2.03. The van der Waals surface area contributed by atoms with Gasteiger partial charge < -0.3 is 15.5 Å². The molecule has 0 saturated heterocycles. The van der Waals surface area contributed by atoms with E-state index in [2.05, 4.69) is 31.4 Å². The molecule has 0 aliphatic heterocycles. The van der Waals surface area contributed by atoms with E-state index in [1.165, 1.54) is 10.5 Å². The van der Waals surface area contributed by atoms with Crippen molar-refractivity contribution in [3.8, 4) is 0 Å². The molecule has 5 nitrogen and oxygen atoms in total. The molecular weight excluding hydrogens is 314 g/mol. The van der Waals surface area contributed by atoms with E-state index in [-0.39, 0.29) is 17.4 Å². The Labute approximate surface area is 149 Å². The molecule has 0 aliphatic rings. The van der Waals surface area contributed by atoms with Gasteiger partial charge in [0.15, 0.2) is 0 Å². The van der Waals surface area contributed by atoms with Gasteiger partial charge in [0.25, 0.3) is 5.91 Å². The van der Waals surface area contributed by atoms with Crippen molar-refractivity contribution in [3.05, 3.63) is 59.7 Å². The number of hydrogen-bond donors (Lipinski definition) is 2. The highest BCUT2D eigenvalue weighted by atomic mass is 16.2. The summed E-state index contributed by atoms with van der Waals surface area (Å²) in [6, 6.07) is 14.3. The summed E-state index contributed by atoms with van der Waals surface area (Å²) in [5.74, 6) is -0.109. The zero-order valence-corrected chi connectivity index (χ0v) is 15.4. The van der Waals surface area contributed by atoms with Crippen LogP contribution in [0.15, 0.2) is 48.5 Å². The standard InChI is InChI=1S/C20H25N3O2/c1-20(2,3)15-9-11-16(12-10-15)21-19(25)22-17-8-6-7-14(13-17)18(24)23(4)5/h6-13H,1-5H3,(H2,21,22,25). The van der Waals surface area contributed by atoms with Gasteiger partial charge in [-0.05, 0) is 41.3 Å². The van der Waals surface area contributed by atoms with Crippen molar-refractivity contribution in [2.45, 2.75) is 26.2 Å². The predicted molar refractivity (Wildman–Crippen MR) is 102 cm³/mol. The van der Waals surface area contributed by atoms with Crippen LogP contribution in [0, 0.1) is 0 Å². The summed E-state index contributed by atoms with van der Waals surface area (Å²) in [7, 11) is 3.38. The monoisotopic (exact) mass is 339 g/mol. The zero-order valence-electron chi connectivity index (χ0n) is 15.4. The molecule has 0 heterocycles. The van der Waals surface area contributed by atoms with Gasteiger partial charge in [-0.15, -0.1) is 0 Å². The van der Waals surface area contributed by atoms with Crippen LogP contribution < -0.4 is 10.6 Å². The SMILES string of the molecule is CN(C)C(=O)c1cccc(NC(=O)Nc2ccc(C(C)(C)C)cc2)c1. The maximum atomic E-state index is 12.2. The molecule has 0 spiro atoms. The summed E-state index contributed by atoms with van der Waals surface area (Å²) in [6.45, 7) is 6.43. The highest BCUT2D eigenvalue weighted by Crippen LogP contribution is 2.23. The third kappa shape index (κ3) is 5.08. The first-order valence-corrected chi connectivity index (χ1v) is 8.17. The molecule has 0 saturated carbocycles. The van der Waals surface area contributed by atoms with Crippen molar-refractivity contribution in [2.24, 2.45) is 0 Å². The van der Waals surface area contributed by atoms with Gasteiger partial charge in [-0.25, -0.2) is 4.79 Å². The van der Waals surface area contributed by atoms with E-state index in [9.17, 15) is 9.59 Å². The van der Waals surface area contributed by atoms with Crippen molar-refractivity contribution >= 4 is 23.3 Å². The van der Waals surface area contributed by atoms with Crippen LogP contribution >= 0.6 is 0 Å². The van der Waals surface area contributed by atoms with E-state index in [0.29, 0.717) is 16.9 Å². The number of nitrogens with one attached hydrogen (secondary N) is 2. The average molecular weight is 339 g/mol. The lowest BCUT2D eigenvalue weighted by atomic mass is 9.87. The van der Waals surface area contributed by atoms with E-state index >= 15 is 0 Å². The Morgan fingerprint density at radius 3 is 2.04 bits per heavy atom. The largest absolute Gasteiger partial charge is 0.345 e. The number of anilines is 2. The van der Waals surface area contributed by atoms with Crippen LogP contribution in [0.4, 0.5) is 16.2 Å². The van der Waals surface area contributed by atoms with Crippen molar-refractivity contribution < 1.29 is 9.59 Å². The molecule has 132 valence electrons. The molecule has 0 atom stereocenters. The lowest BCUT2D eigenvalue weighted by Gasteiger charge is -2.19. The van der Waals surface area contributed by atoms with Crippen LogP contribution in [0.2, 0.25) is 0 Å². The number of carbonyl (C=O) groups is 2. The molecule has 0 unspecified atom stereocenters. The predicted octanol–water partition coefficient (Wildman–Crippen LogP) is 4.33. The minimum absolute atomic E-state index is 0.0696. The maximum Gasteiger partial charge on any atom is 0.323 e. The van der Waals surface area contributed by atoms with Crippen molar-refractivity contribution in [2.75, 3.05) is 24.7 Å². The van der Waals surface area contributed by atoms with Gasteiger partial charge in [0.2, 0.25) is 0 Å². The van der Waals surface area contributed by atoms with Crippen LogP contribution in [0.1, 0.15) is 36.7 Å². The Kier molecular flexibility index (Phi) is 5.47. The van der Waals surface area contributed by atoms with E-state index in [4.69, 9.17) is 0 Å². The third-order valence-corrected chi connectivity index (χ3v) is 3.78. The zero-order chi connectivity index (χ0) is 18.6. The highest BCUT2D eigenvalue weighted by molar-refractivity contribution is 6.01. The fourth-order valence-electron chi connectivity index (χ4n) is 2.34. The minimum Gasteiger partial charge on any atom is -0.345 e.